The first-order chi connectivity index (χ1) is 12.5. The summed E-state index contributed by atoms with van der Waals surface area (Å²) in [5.74, 6) is 0.269. The normalized spacial score (nSPS) is 11.2. The van der Waals surface area contributed by atoms with E-state index in [-0.39, 0.29) is 17.0 Å². The summed E-state index contributed by atoms with van der Waals surface area (Å²) in [4.78, 5) is 12.4. The number of carbonyl (C=O) groups is 1. The molecule has 7 nitrogen and oxygen atoms in total. The molecule has 0 bridgehead atoms. The topological polar surface area (TPSA) is 93.7 Å². The third-order valence-corrected chi connectivity index (χ3v) is 4.95. The SMILES string of the molecule is CCNS(=O)(=O)c1cccc(C(=O)Nc2ccc(OCCOC)cc2)c1. The molecule has 2 aromatic carbocycles. The second-order valence-corrected chi connectivity index (χ2v) is 7.12. The molecule has 0 saturated carbocycles. The van der Waals surface area contributed by atoms with Crippen molar-refractivity contribution in [1.82, 2.24) is 4.72 Å². The van der Waals surface area contributed by atoms with E-state index in [0.717, 1.165) is 0 Å². The largest absolute Gasteiger partial charge is 0.491 e. The first kappa shape index (κ1) is 19.9. The maximum absolute atomic E-state index is 12.4. The lowest BCUT2D eigenvalue weighted by molar-refractivity contribution is 0.102. The van der Waals surface area contributed by atoms with E-state index in [1.54, 1.807) is 44.4 Å². The number of rotatable bonds is 9. The van der Waals surface area contributed by atoms with E-state index in [4.69, 9.17) is 9.47 Å². The van der Waals surface area contributed by atoms with Crippen LogP contribution in [-0.2, 0) is 14.8 Å². The molecule has 2 rings (SSSR count). The molecule has 0 fully saturated rings. The third-order valence-electron chi connectivity index (χ3n) is 3.41. The smallest absolute Gasteiger partial charge is 0.255 e. The number of sulfonamides is 1. The van der Waals surface area contributed by atoms with Crippen LogP contribution in [0.3, 0.4) is 0 Å². The molecule has 2 aromatic rings. The second kappa shape index (κ2) is 9.33. The van der Waals surface area contributed by atoms with E-state index < -0.39 is 15.9 Å². The van der Waals surface area contributed by atoms with E-state index >= 15 is 0 Å². The Hall–Kier alpha value is -2.42. The molecule has 0 atom stereocenters. The number of hydrogen-bond donors (Lipinski definition) is 2. The minimum absolute atomic E-state index is 0.0499. The summed E-state index contributed by atoms with van der Waals surface area (Å²) < 4.78 is 36.9. The summed E-state index contributed by atoms with van der Waals surface area (Å²) in [6.07, 6.45) is 0. The van der Waals surface area contributed by atoms with Crippen LogP contribution in [0.15, 0.2) is 53.4 Å². The van der Waals surface area contributed by atoms with E-state index in [2.05, 4.69) is 10.0 Å². The number of methoxy groups -OCH3 is 1. The zero-order valence-electron chi connectivity index (χ0n) is 14.7. The van der Waals surface area contributed by atoms with Gasteiger partial charge in [-0.2, -0.15) is 0 Å². The Labute approximate surface area is 153 Å². The van der Waals surface area contributed by atoms with Gasteiger partial charge in [-0.15, -0.1) is 0 Å². The van der Waals surface area contributed by atoms with Crippen LogP contribution in [0.2, 0.25) is 0 Å². The van der Waals surface area contributed by atoms with Gasteiger partial charge in [0.15, 0.2) is 0 Å². The van der Waals surface area contributed by atoms with Gasteiger partial charge in [0.2, 0.25) is 10.0 Å². The van der Waals surface area contributed by atoms with Gasteiger partial charge in [0.05, 0.1) is 11.5 Å². The molecule has 0 aliphatic carbocycles. The van der Waals surface area contributed by atoms with Gasteiger partial charge < -0.3 is 14.8 Å². The number of carbonyl (C=O) groups excluding carboxylic acids is 1. The summed E-state index contributed by atoms with van der Waals surface area (Å²) in [6.45, 7) is 2.90. The standard InChI is InChI=1S/C18H22N2O5S/c1-3-19-26(22,23)17-6-4-5-14(13-17)18(21)20-15-7-9-16(10-8-15)25-12-11-24-2/h4-10,13,19H,3,11-12H2,1-2H3,(H,20,21). The van der Waals surface area contributed by atoms with Crippen LogP contribution in [0, 0.1) is 0 Å². The number of ether oxygens (including phenoxy) is 2. The first-order valence-electron chi connectivity index (χ1n) is 8.09. The van der Waals surface area contributed by atoms with E-state index in [0.29, 0.717) is 24.7 Å². The first-order valence-corrected chi connectivity index (χ1v) is 9.57. The fourth-order valence-corrected chi connectivity index (χ4v) is 3.24. The highest BCUT2D eigenvalue weighted by Gasteiger charge is 2.15. The van der Waals surface area contributed by atoms with Gasteiger partial charge in [0.1, 0.15) is 12.4 Å². The summed E-state index contributed by atoms with van der Waals surface area (Å²) in [5.41, 5.74) is 0.832. The van der Waals surface area contributed by atoms with Crippen LogP contribution in [0.5, 0.6) is 5.75 Å². The summed E-state index contributed by atoms with van der Waals surface area (Å²) in [5, 5.41) is 2.73. The lowest BCUT2D eigenvalue weighted by atomic mass is 10.2. The van der Waals surface area contributed by atoms with E-state index in [1.807, 2.05) is 0 Å². The molecule has 8 heteroatoms. The Morgan fingerprint density at radius 2 is 1.81 bits per heavy atom. The zero-order valence-corrected chi connectivity index (χ0v) is 15.5. The molecular formula is C18H22N2O5S. The Morgan fingerprint density at radius 1 is 1.08 bits per heavy atom. The third kappa shape index (κ3) is 5.55. The van der Waals surface area contributed by atoms with Crippen molar-refractivity contribution in [2.75, 3.05) is 32.2 Å². The van der Waals surface area contributed by atoms with Gasteiger partial charge in [-0.05, 0) is 42.5 Å². The molecule has 1 amide bonds. The van der Waals surface area contributed by atoms with Crippen molar-refractivity contribution >= 4 is 21.6 Å². The lowest BCUT2D eigenvalue weighted by Gasteiger charge is -2.09. The maximum Gasteiger partial charge on any atom is 0.255 e. The van der Waals surface area contributed by atoms with Crippen molar-refractivity contribution in [3.05, 3.63) is 54.1 Å². The highest BCUT2D eigenvalue weighted by molar-refractivity contribution is 7.89. The summed E-state index contributed by atoms with van der Waals surface area (Å²) in [6, 6.07) is 12.8. The number of anilines is 1. The van der Waals surface area contributed by atoms with Crippen molar-refractivity contribution in [2.45, 2.75) is 11.8 Å². The lowest BCUT2D eigenvalue weighted by Crippen LogP contribution is -2.23. The molecule has 26 heavy (non-hydrogen) atoms. The van der Waals surface area contributed by atoms with Crippen molar-refractivity contribution < 1.29 is 22.7 Å². The van der Waals surface area contributed by atoms with E-state index in [1.165, 1.54) is 18.2 Å². The van der Waals surface area contributed by atoms with Gasteiger partial charge in [-0.3, -0.25) is 4.79 Å². The molecule has 0 aliphatic heterocycles. The van der Waals surface area contributed by atoms with Crippen LogP contribution in [0.4, 0.5) is 5.69 Å². The van der Waals surface area contributed by atoms with Gasteiger partial charge in [0, 0.05) is 24.9 Å². The van der Waals surface area contributed by atoms with Crippen LogP contribution in [0.25, 0.3) is 0 Å². The van der Waals surface area contributed by atoms with Crippen molar-refractivity contribution in [3.63, 3.8) is 0 Å². The predicted molar refractivity (Wildman–Crippen MR) is 99.1 cm³/mol. The molecular weight excluding hydrogens is 356 g/mol. The van der Waals surface area contributed by atoms with Crippen LogP contribution in [0.1, 0.15) is 17.3 Å². The molecule has 0 aromatic heterocycles. The Morgan fingerprint density at radius 3 is 2.46 bits per heavy atom. The minimum Gasteiger partial charge on any atom is -0.491 e. The molecule has 0 saturated heterocycles. The van der Waals surface area contributed by atoms with Crippen molar-refractivity contribution in [1.29, 1.82) is 0 Å². The maximum atomic E-state index is 12.4. The van der Waals surface area contributed by atoms with Crippen LogP contribution < -0.4 is 14.8 Å². The van der Waals surface area contributed by atoms with Crippen molar-refractivity contribution in [2.24, 2.45) is 0 Å². The van der Waals surface area contributed by atoms with Gasteiger partial charge in [-0.25, -0.2) is 13.1 Å². The molecule has 0 unspecified atom stereocenters. The van der Waals surface area contributed by atoms with Crippen LogP contribution in [-0.4, -0.2) is 41.2 Å². The predicted octanol–water partition coefficient (Wildman–Crippen LogP) is 2.26. The molecule has 140 valence electrons. The number of amides is 1. The monoisotopic (exact) mass is 378 g/mol. The highest BCUT2D eigenvalue weighted by Crippen LogP contribution is 2.17. The quantitative estimate of drug-likeness (QED) is 0.653. The number of hydrogen-bond acceptors (Lipinski definition) is 5. The molecule has 0 aliphatic rings. The average molecular weight is 378 g/mol. The Bertz CT molecular complexity index is 835. The van der Waals surface area contributed by atoms with E-state index in [9.17, 15) is 13.2 Å². The zero-order chi connectivity index (χ0) is 19.0. The van der Waals surface area contributed by atoms with Gasteiger partial charge in [0.25, 0.3) is 5.91 Å². The fourth-order valence-electron chi connectivity index (χ4n) is 2.16. The molecule has 2 N–H and O–H groups in total. The molecule has 0 spiro atoms. The fraction of sp³-hybridized carbons (Fsp3) is 0.278. The molecule has 0 heterocycles. The Kier molecular flexibility index (Phi) is 7.14. The Balaban J connectivity index is 2.06. The van der Waals surface area contributed by atoms with Crippen molar-refractivity contribution in [3.8, 4) is 5.75 Å². The second-order valence-electron chi connectivity index (χ2n) is 5.35. The molecule has 0 radical (unpaired) electrons. The van der Waals surface area contributed by atoms with Crippen LogP contribution >= 0.6 is 0 Å². The highest BCUT2D eigenvalue weighted by atomic mass is 32.2. The summed E-state index contributed by atoms with van der Waals surface area (Å²) in [7, 11) is -2.01. The summed E-state index contributed by atoms with van der Waals surface area (Å²) >= 11 is 0. The number of benzene rings is 2. The van der Waals surface area contributed by atoms with Gasteiger partial charge >= 0.3 is 0 Å². The minimum atomic E-state index is -3.61. The average Bonchev–Trinajstić information content (AvgIpc) is 2.63. The van der Waals surface area contributed by atoms with Gasteiger partial charge in [-0.1, -0.05) is 13.0 Å². The number of nitrogens with one attached hydrogen (secondary N) is 2.